The molecule has 0 bridgehead atoms. The quantitative estimate of drug-likeness (QED) is 0.789. The zero-order chi connectivity index (χ0) is 17.5. The molecule has 124 valence electrons. The van der Waals surface area contributed by atoms with Gasteiger partial charge in [-0.1, -0.05) is 6.07 Å². The van der Waals surface area contributed by atoms with Gasteiger partial charge in [-0.2, -0.15) is 13.2 Å². The van der Waals surface area contributed by atoms with Crippen LogP contribution in [0, 0.1) is 0 Å². The second-order valence-corrected chi connectivity index (χ2v) is 5.20. The molecule has 0 atom stereocenters. The fraction of sp³-hybridized carbons (Fsp3) is 0.286. The SMILES string of the molecule is CC(C)NC(=O)c1c(O)n(C(N)=O)c2cccc(C(F)(F)F)c12. The zero-order valence-electron chi connectivity index (χ0n) is 12.2. The fourth-order valence-corrected chi connectivity index (χ4v) is 2.34. The summed E-state index contributed by atoms with van der Waals surface area (Å²) in [7, 11) is 0. The van der Waals surface area contributed by atoms with Crippen molar-refractivity contribution in [2.45, 2.75) is 26.1 Å². The minimum Gasteiger partial charge on any atom is -0.494 e. The highest BCUT2D eigenvalue weighted by Crippen LogP contribution is 2.40. The van der Waals surface area contributed by atoms with E-state index < -0.39 is 40.5 Å². The van der Waals surface area contributed by atoms with Crippen LogP contribution < -0.4 is 11.1 Å². The van der Waals surface area contributed by atoms with E-state index in [1.54, 1.807) is 13.8 Å². The van der Waals surface area contributed by atoms with Gasteiger partial charge in [-0.15, -0.1) is 0 Å². The predicted molar refractivity (Wildman–Crippen MR) is 76.2 cm³/mol. The molecule has 2 rings (SSSR count). The van der Waals surface area contributed by atoms with Crippen LogP contribution in [0.2, 0.25) is 0 Å². The van der Waals surface area contributed by atoms with Gasteiger partial charge in [0.2, 0.25) is 5.88 Å². The van der Waals surface area contributed by atoms with E-state index in [9.17, 15) is 27.9 Å². The van der Waals surface area contributed by atoms with Crippen LogP contribution in [0.1, 0.15) is 29.8 Å². The Hall–Kier alpha value is -2.71. The van der Waals surface area contributed by atoms with Gasteiger partial charge in [0, 0.05) is 11.4 Å². The third-order valence-corrected chi connectivity index (χ3v) is 3.14. The average molecular weight is 329 g/mol. The van der Waals surface area contributed by atoms with Crippen molar-refractivity contribution in [3.8, 4) is 5.88 Å². The third-order valence-electron chi connectivity index (χ3n) is 3.14. The Morgan fingerprint density at radius 3 is 2.39 bits per heavy atom. The summed E-state index contributed by atoms with van der Waals surface area (Å²) in [6, 6.07) is 1.41. The van der Waals surface area contributed by atoms with Gasteiger partial charge < -0.3 is 16.2 Å². The van der Waals surface area contributed by atoms with Crippen LogP contribution in [0.3, 0.4) is 0 Å². The summed E-state index contributed by atoms with van der Waals surface area (Å²) < 4.78 is 40.2. The fourth-order valence-electron chi connectivity index (χ4n) is 2.34. The van der Waals surface area contributed by atoms with E-state index in [1.807, 2.05) is 0 Å². The molecule has 0 saturated carbocycles. The number of carbonyl (C=O) groups excluding carboxylic acids is 2. The molecule has 0 unspecified atom stereocenters. The van der Waals surface area contributed by atoms with Gasteiger partial charge in [-0.3, -0.25) is 4.79 Å². The average Bonchev–Trinajstić information content (AvgIpc) is 2.68. The molecule has 1 heterocycles. The molecule has 0 spiro atoms. The number of amides is 2. The Labute approximate surface area is 128 Å². The number of hydrogen-bond donors (Lipinski definition) is 3. The monoisotopic (exact) mass is 329 g/mol. The first kappa shape index (κ1) is 16.7. The van der Waals surface area contributed by atoms with E-state index in [2.05, 4.69) is 5.32 Å². The molecular formula is C14H14F3N3O3. The van der Waals surface area contributed by atoms with Crippen LogP contribution in [0.5, 0.6) is 5.88 Å². The lowest BCUT2D eigenvalue weighted by Crippen LogP contribution is -2.30. The van der Waals surface area contributed by atoms with E-state index in [4.69, 9.17) is 5.73 Å². The number of halogens is 3. The summed E-state index contributed by atoms with van der Waals surface area (Å²) in [5, 5.41) is 11.9. The summed E-state index contributed by atoms with van der Waals surface area (Å²) in [4.78, 5) is 23.7. The maximum atomic E-state index is 13.2. The van der Waals surface area contributed by atoms with Crippen molar-refractivity contribution in [3.05, 3.63) is 29.3 Å². The Bertz CT molecular complexity index is 794. The van der Waals surface area contributed by atoms with Gasteiger partial charge in [-0.05, 0) is 26.0 Å². The normalized spacial score (nSPS) is 11.9. The Balaban J connectivity index is 2.91. The van der Waals surface area contributed by atoms with Gasteiger partial charge >= 0.3 is 12.2 Å². The number of hydrogen-bond acceptors (Lipinski definition) is 3. The van der Waals surface area contributed by atoms with Gasteiger partial charge in [-0.25, -0.2) is 9.36 Å². The van der Waals surface area contributed by atoms with E-state index in [-0.39, 0.29) is 11.6 Å². The van der Waals surface area contributed by atoms with Gasteiger partial charge in [0.25, 0.3) is 5.91 Å². The largest absolute Gasteiger partial charge is 0.494 e. The predicted octanol–water partition coefficient (Wildman–Crippen LogP) is 2.43. The smallest absolute Gasteiger partial charge is 0.417 e. The summed E-state index contributed by atoms with van der Waals surface area (Å²) in [5.74, 6) is -1.86. The number of nitrogens with two attached hydrogens (primary N) is 1. The van der Waals surface area contributed by atoms with Gasteiger partial charge in [0.15, 0.2) is 0 Å². The molecular weight excluding hydrogens is 315 g/mol. The Kier molecular flexibility index (Phi) is 3.97. The molecule has 4 N–H and O–H groups in total. The van der Waals surface area contributed by atoms with Crippen LogP contribution in [0.25, 0.3) is 10.9 Å². The van der Waals surface area contributed by atoms with Crippen molar-refractivity contribution in [2.24, 2.45) is 5.73 Å². The molecule has 0 aliphatic rings. The molecule has 6 nitrogen and oxygen atoms in total. The van der Waals surface area contributed by atoms with Gasteiger partial charge in [0.05, 0.1) is 11.1 Å². The van der Waals surface area contributed by atoms with Crippen molar-refractivity contribution in [1.29, 1.82) is 0 Å². The number of alkyl halides is 3. The standard InChI is InChI=1S/C14H14F3N3O3/c1-6(2)19-11(21)10-9-7(14(15,16)17)4-3-5-8(9)20(12(10)22)13(18)23/h3-6,22H,1-2H3,(H2,18,23)(H,19,21). The van der Waals surface area contributed by atoms with E-state index in [1.165, 1.54) is 6.07 Å². The number of carbonyl (C=O) groups is 2. The summed E-state index contributed by atoms with van der Waals surface area (Å²) in [5.41, 5.74) is 3.03. The second-order valence-electron chi connectivity index (χ2n) is 5.20. The number of fused-ring (bicyclic) bond motifs is 1. The number of benzene rings is 1. The van der Waals surface area contributed by atoms with E-state index >= 15 is 0 Å². The second kappa shape index (κ2) is 5.49. The van der Waals surface area contributed by atoms with Crippen LogP contribution in [-0.2, 0) is 6.18 Å². The lowest BCUT2D eigenvalue weighted by molar-refractivity contribution is -0.136. The molecule has 1 aromatic carbocycles. The zero-order valence-corrected chi connectivity index (χ0v) is 12.2. The summed E-state index contributed by atoms with van der Waals surface area (Å²) in [6.45, 7) is 3.21. The van der Waals surface area contributed by atoms with Gasteiger partial charge in [0.1, 0.15) is 5.56 Å². The number of aromatic nitrogens is 1. The van der Waals surface area contributed by atoms with E-state index in [0.717, 1.165) is 12.1 Å². The molecule has 0 fully saturated rings. The Morgan fingerprint density at radius 1 is 1.30 bits per heavy atom. The number of rotatable bonds is 2. The highest BCUT2D eigenvalue weighted by molar-refractivity contribution is 6.13. The van der Waals surface area contributed by atoms with Crippen molar-refractivity contribution in [3.63, 3.8) is 0 Å². The highest BCUT2D eigenvalue weighted by Gasteiger charge is 2.37. The van der Waals surface area contributed by atoms with Crippen LogP contribution in [0.15, 0.2) is 18.2 Å². The van der Waals surface area contributed by atoms with Crippen LogP contribution >= 0.6 is 0 Å². The first-order chi connectivity index (χ1) is 10.6. The van der Waals surface area contributed by atoms with Crippen LogP contribution in [0.4, 0.5) is 18.0 Å². The molecule has 0 radical (unpaired) electrons. The number of nitrogens with zero attached hydrogens (tertiary/aromatic N) is 1. The number of nitrogens with one attached hydrogen (secondary N) is 1. The van der Waals surface area contributed by atoms with Crippen molar-refractivity contribution in [2.75, 3.05) is 0 Å². The minimum atomic E-state index is -4.78. The number of aromatic hydroxyl groups is 1. The molecule has 23 heavy (non-hydrogen) atoms. The minimum absolute atomic E-state index is 0.293. The Morgan fingerprint density at radius 2 is 1.91 bits per heavy atom. The third kappa shape index (κ3) is 2.81. The molecule has 0 saturated heterocycles. The lowest BCUT2D eigenvalue weighted by Gasteiger charge is -2.11. The van der Waals surface area contributed by atoms with E-state index in [0.29, 0.717) is 4.57 Å². The number of primary amides is 1. The highest BCUT2D eigenvalue weighted by atomic mass is 19.4. The first-order valence-corrected chi connectivity index (χ1v) is 6.60. The van der Waals surface area contributed by atoms with Crippen molar-refractivity contribution in [1.82, 2.24) is 9.88 Å². The summed E-state index contributed by atoms with van der Waals surface area (Å²) in [6.07, 6.45) is -4.78. The lowest BCUT2D eigenvalue weighted by atomic mass is 10.0. The first-order valence-electron chi connectivity index (χ1n) is 6.60. The molecule has 9 heteroatoms. The summed E-state index contributed by atoms with van der Waals surface area (Å²) >= 11 is 0. The maximum Gasteiger partial charge on any atom is 0.417 e. The topological polar surface area (TPSA) is 97.3 Å². The van der Waals surface area contributed by atoms with Crippen molar-refractivity contribution < 1.29 is 27.9 Å². The van der Waals surface area contributed by atoms with Crippen molar-refractivity contribution >= 4 is 22.8 Å². The molecule has 1 aromatic heterocycles. The molecule has 0 aliphatic carbocycles. The maximum absolute atomic E-state index is 13.2. The molecule has 2 amide bonds. The van der Waals surface area contributed by atoms with Crippen LogP contribution in [-0.4, -0.2) is 27.7 Å². The molecule has 0 aliphatic heterocycles. The molecule has 2 aromatic rings.